The Morgan fingerprint density at radius 2 is 1.63 bits per heavy atom. The Morgan fingerprint density at radius 1 is 0.921 bits per heavy atom. The van der Waals surface area contributed by atoms with Crippen molar-refractivity contribution in [1.82, 2.24) is 9.80 Å². The van der Waals surface area contributed by atoms with E-state index in [1.54, 1.807) is 27.5 Å². The summed E-state index contributed by atoms with van der Waals surface area (Å²) < 4.78 is 16.8. The maximum atomic E-state index is 6.31. The number of allylic oxidation sites excluding steroid dienone is 4. The van der Waals surface area contributed by atoms with E-state index in [2.05, 4.69) is 71.4 Å². The molecule has 204 valence electrons. The van der Waals surface area contributed by atoms with Crippen LogP contribution in [0.4, 0.5) is 0 Å². The number of unbranched alkanes of at least 4 members (excludes halogenated alkanes) is 1. The molecule has 2 N–H and O–H groups in total. The second-order valence-corrected chi connectivity index (χ2v) is 9.40. The van der Waals surface area contributed by atoms with Crippen molar-refractivity contribution >= 4 is 0 Å². The molecule has 0 saturated carbocycles. The summed E-state index contributed by atoms with van der Waals surface area (Å²) >= 11 is 0. The van der Waals surface area contributed by atoms with Gasteiger partial charge in [0, 0.05) is 44.6 Å². The highest BCUT2D eigenvalue weighted by molar-refractivity contribution is 5.53. The molecule has 1 aliphatic carbocycles. The molecule has 0 heterocycles. The normalized spacial score (nSPS) is 13.3. The summed E-state index contributed by atoms with van der Waals surface area (Å²) in [5, 5.41) is 0. The largest absolute Gasteiger partial charge is 0.493 e. The Bertz CT molecular complexity index is 1100. The minimum absolute atomic E-state index is 0.598. The molecule has 38 heavy (non-hydrogen) atoms. The molecule has 0 amide bonds. The maximum Gasteiger partial charge on any atom is 0.203 e. The quantitative estimate of drug-likeness (QED) is 0.310. The zero-order chi connectivity index (χ0) is 27.2. The van der Waals surface area contributed by atoms with Crippen molar-refractivity contribution < 1.29 is 14.2 Å². The number of rotatable bonds is 15. The minimum Gasteiger partial charge on any atom is -0.493 e. The monoisotopic (exact) mass is 517 g/mol. The van der Waals surface area contributed by atoms with Gasteiger partial charge >= 0.3 is 0 Å². The van der Waals surface area contributed by atoms with Gasteiger partial charge in [-0.2, -0.15) is 0 Å². The van der Waals surface area contributed by atoms with Crippen LogP contribution in [-0.4, -0.2) is 50.8 Å². The molecule has 0 spiro atoms. The molecular formula is C32H43N3O3. The van der Waals surface area contributed by atoms with Gasteiger partial charge in [0.1, 0.15) is 0 Å². The summed E-state index contributed by atoms with van der Waals surface area (Å²) in [6, 6.07) is 14.6. The molecule has 0 unspecified atom stereocenters. The summed E-state index contributed by atoms with van der Waals surface area (Å²) in [4.78, 5) is 4.84. The van der Waals surface area contributed by atoms with E-state index in [0.29, 0.717) is 30.3 Å². The van der Waals surface area contributed by atoms with E-state index >= 15 is 0 Å². The third-order valence-corrected chi connectivity index (χ3v) is 6.59. The van der Waals surface area contributed by atoms with Crippen LogP contribution in [0.5, 0.6) is 17.2 Å². The molecule has 0 saturated heterocycles. The number of hydrogen-bond acceptors (Lipinski definition) is 6. The van der Waals surface area contributed by atoms with Gasteiger partial charge in [-0.1, -0.05) is 74.1 Å². The molecule has 6 nitrogen and oxygen atoms in total. The second-order valence-electron chi connectivity index (χ2n) is 9.40. The summed E-state index contributed by atoms with van der Waals surface area (Å²) in [6.07, 6.45) is 15.9. The summed E-state index contributed by atoms with van der Waals surface area (Å²) in [5.74, 6) is 1.91. The van der Waals surface area contributed by atoms with Crippen molar-refractivity contribution in [1.29, 1.82) is 0 Å². The average Bonchev–Trinajstić information content (AvgIpc) is 3.22. The average molecular weight is 518 g/mol. The fourth-order valence-corrected chi connectivity index (χ4v) is 4.62. The van der Waals surface area contributed by atoms with Crippen LogP contribution in [0.15, 0.2) is 90.3 Å². The van der Waals surface area contributed by atoms with Crippen LogP contribution in [0, 0.1) is 0 Å². The van der Waals surface area contributed by atoms with Gasteiger partial charge in [0.15, 0.2) is 11.5 Å². The number of methoxy groups -OCH3 is 3. The van der Waals surface area contributed by atoms with Gasteiger partial charge in [-0.15, -0.1) is 0 Å². The SMILES string of the molecule is CCCCN(CC1=CCC=CC=C1)/C(=C\N)CN(Cc1ccccc1)Cc1cc(OC)c(OC)c(OC)c1. The van der Waals surface area contributed by atoms with Crippen LogP contribution in [0.2, 0.25) is 0 Å². The predicted octanol–water partition coefficient (Wildman–Crippen LogP) is 6.06. The van der Waals surface area contributed by atoms with E-state index in [9.17, 15) is 0 Å². The molecule has 1 aliphatic rings. The molecule has 3 rings (SSSR count). The van der Waals surface area contributed by atoms with Gasteiger partial charge < -0.3 is 24.8 Å². The van der Waals surface area contributed by atoms with Crippen LogP contribution in [0.1, 0.15) is 37.3 Å². The van der Waals surface area contributed by atoms with Gasteiger partial charge in [0.2, 0.25) is 5.75 Å². The van der Waals surface area contributed by atoms with Crippen LogP contribution in [-0.2, 0) is 13.1 Å². The van der Waals surface area contributed by atoms with Gasteiger partial charge in [-0.3, -0.25) is 4.90 Å². The van der Waals surface area contributed by atoms with E-state index in [1.807, 2.05) is 18.2 Å². The van der Waals surface area contributed by atoms with Crippen LogP contribution >= 0.6 is 0 Å². The highest BCUT2D eigenvalue weighted by Crippen LogP contribution is 2.38. The molecule has 0 aromatic heterocycles. The number of hydrogen-bond donors (Lipinski definition) is 1. The number of nitrogens with two attached hydrogens (primary N) is 1. The number of benzene rings is 2. The summed E-state index contributed by atoms with van der Waals surface area (Å²) in [6.45, 7) is 6.21. The molecular weight excluding hydrogens is 474 g/mol. The Kier molecular flexibility index (Phi) is 11.9. The standard InChI is InChI=1S/C32H43N3O3/c1-5-6-18-35(24-27-16-10-7-8-11-17-27)29(21-33)25-34(22-26-14-12-9-13-15-26)23-28-19-30(36-2)32(38-4)31(20-28)37-3/h7-10,12-17,19-21H,5-6,11,18,22-25,33H2,1-4H3/b29-21-. The topological polar surface area (TPSA) is 60.2 Å². The Hall–Kier alpha value is -3.64. The minimum atomic E-state index is 0.598. The zero-order valence-electron chi connectivity index (χ0n) is 23.4. The van der Waals surface area contributed by atoms with E-state index in [-0.39, 0.29) is 0 Å². The Balaban J connectivity index is 1.89. The Labute approximate surface area is 228 Å². The smallest absolute Gasteiger partial charge is 0.203 e. The first-order valence-corrected chi connectivity index (χ1v) is 13.3. The molecule has 2 aromatic rings. The van der Waals surface area contributed by atoms with Crippen molar-refractivity contribution in [2.45, 2.75) is 39.3 Å². The molecule has 0 radical (unpaired) electrons. The van der Waals surface area contributed by atoms with Gasteiger partial charge in [-0.25, -0.2) is 0 Å². The number of nitrogens with zero attached hydrogens (tertiary/aromatic N) is 2. The Morgan fingerprint density at radius 3 is 2.26 bits per heavy atom. The highest BCUT2D eigenvalue weighted by Gasteiger charge is 2.19. The lowest BCUT2D eigenvalue weighted by molar-refractivity contribution is 0.239. The fraction of sp³-hybridized carbons (Fsp3) is 0.375. The third-order valence-electron chi connectivity index (χ3n) is 6.59. The zero-order valence-corrected chi connectivity index (χ0v) is 23.4. The first-order chi connectivity index (χ1) is 18.6. The molecule has 6 heteroatoms. The lowest BCUT2D eigenvalue weighted by atomic mass is 10.1. The van der Waals surface area contributed by atoms with Crippen molar-refractivity contribution in [3.8, 4) is 17.2 Å². The van der Waals surface area contributed by atoms with E-state index in [0.717, 1.165) is 50.2 Å². The molecule has 0 aliphatic heterocycles. The van der Waals surface area contributed by atoms with E-state index in [1.165, 1.54) is 11.1 Å². The molecule has 0 atom stereocenters. The summed E-state index contributed by atoms with van der Waals surface area (Å²) in [7, 11) is 4.92. The van der Waals surface area contributed by atoms with Crippen LogP contribution < -0.4 is 19.9 Å². The second kappa shape index (κ2) is 15.6. The van der Waals surface area contributed by atoms with E-state index < -0.39 is 0 Å². The van der Waals surface area contributed by atoms with Gasteiger partial charge in [0.25, 0.3) is 0 Å². The van der Waals surface area contributed by atoms with Crippen molar-refractivity contribution in [2.75, 3.05) is 41.0 Å². The predicted molar refractivity (Wildman–Crippen MR) is 156 cm³/mol. The lowest BCUT2D eigenvalue weighted by Crippen LogP contribution is -2.35. The molecule has 0 fully saturated rings. The summed E-state index contributed by atoms with van der Waals surface area (Å²) in [5.41, 5.74) is 11.1. The van der Waals surface area contributed by atoms with E-state index in [4.69, 9.17) is 19.9 Å². The lowest BCUT2D eigenvalue weighted by Gasteiger charge is -2.32. The van der Waals surface area contributed by atoms with Crippen molar-refractivity contribution in [3.05, 3.63) is 101 Å². The fourth-order valence-electron chi connectivity index (χ4n) is 4.62. The molecule has 0 bridgehead atoms. The van der Waals surface area contributed by atoms with Gasteiger partial charge in [0.05, 0.1) is 21.3 Å². The first-order valence-electron chi connectivity index (χ1n) is 13.3. The van der Waals surface area contributed by atoms with Crippen LogP contribution in [0.25, 0.3) is 0 Å². The van der Waals surface area contributed by atoms with Crippen molar-refractivity contribution in [2.24, 2.45) is 5.73 Å². The first kappa shape index (κ1) is 28.9. The highest BCUT2D eigenvalue weighted by atomic mass is 16.5. The van der Waals surface area contributed by atoms with Crippen LogP contribution in [0.3, 0.4) is 0 Å². The third kappa shape index (κ3) is 8.45. The number of ether oxygens (including phenoxy) is 3. The van der Waals surface area contributed by atoms with Gasteiger partial charge in [-0.05, 0) is 41.7 Å². The maximum absolute atomic E-state index is 6.31. The molecule has 2 aromatic carbocycles. The van der Waals surface area contributed by atoms with Crippen molar-refractivity contribution in [3.63, 3.8) is 0 Å².